The van der Waals surface area contributed by atoms with Crippen molar-refractivity contribution in [1.82, 2.24) is 5.32 Å². The van der Waals surface area contributed by atoms with Gasteiger partial charge in [0.2, 0.25) is 0 Å². The maximum atomic E-state index is 9.24. The van der Waals surface area contributed by atoms with Crippen molar-refractivity contribution in [2.24, 2.45) is 0 Å². The van der Waals surface area contributed by atoms with Gasteiger partial charge in [0, 0.05) is 5.54 Å². The molecule has 3 nitrogen and oxygen atoms in total. The molecule has 0 radical (unpaired) electrons. The smallest absolute Gasteiger partial charge is 0.0955 e. The molecule has 0 aliphatic rings. The highest BCUT2D eigenvalue weighted by Gasteiger charge is 2.27. The molecular weight excluding hydrogens is 164 g/mol. The van der Waals surface area contributed by atoms with Gasteiger partial charge >= 0.3 is 0 Å². The van der Waals surface area contributed by atoms with Crippen LogP contribution in [0, 0.1) is 11.3 Å². The molecule has 1 atom stereocenters. The summed E-state index contributed by atoms with van der Waals surface area (Å²) in [5.74, 6) is 0. The molecule has 0 fully saturated rings. The highest BCUT2D eigenvalue weighted by Crippen LogP contribution is 2.15. The van der Waals surface area contributed by atoms with E-state index in [1.165, 1.54) is 0 Å². The van der Waals surface area contributed by atoms with Gasteiger partial charge in [0.05, 0.1) is 18.7 Å². The summed E-state index contributed by atoms with van der Waals surface area (Å²) in [7, 11) is 0. The summed E-state index contributed by atoms with van der Waals surface area (Å²) in [4.78, 5) is 0. The Morgan fingerprint density at radius 1 is 1.38 bits per heavy atom. The third-order valence-electron chi connectivity index (χ3n) is 2.70. The molecule has 0 amide bonds. The van der Waals surface area contributed by atoms with Gasteiger partial charge in [-0.2, -0.15) is 5.26 Å². The first-order valence-corrected chi connectivity index (χ1v) is 4.96. The first-order chi connectivity index (χ1) is 6.17. The van der Waals surface area contributed by atoms with Crippen LogP contribution in [-0.4, -0.2) is 23.3 Å². The normalized spacial score (nSPS) is 13.8. The van der Waals surface area contributed by atoms with E-state index in [-0.39, 0.29) is 18.2 Å². The Morgan fingerprint density at radius 3 is 2.15 bits per heavy atom. The van der Waals surface area contributed by atoms with Crippen LogP contribution < -0.4 is 5.32 Å². The van der Waals surface area contributed by atoms with Crippen molar-refractivity contribution in [2.75, 3.05) is 6.61 Å². The molecule has 0 aliphatic heterocycles. The number of hydrogen-bond donors (Lipinski definition) is 2. The van der Waals surface area contributed by atoms with Crippen LogP contribution in [0.5, 0.6) is 0 Å². The molecule has 0 aromatic heterocycles. The molecule has 0 heterocycles. The largest absolute Gasteiger partial charge is 0.394 e. The molecule has 0 aromatic rings. The second-order valence-corrected chi connectivity index (χ2v) is 3.38. The minimum Gasteiger partial charge on any atom is -0.394 e. The second-order valence-electron chi connectivity index (χ2n) is 3.38. The lowest BCUT2D eigenvalue weighted by atomic mass is 9.92. The summed E-state index contributed by atoms with van der Waals surface area (Å²) in [6, 6.07) is 2.04. The van der Waals surface area contributed by atoms with Gasteiger partial charge in [0.1, 0.15) is 0 Å². The standard InChI is InChI=1S/C10H20N2O/c1-4-9(7-11)12-10(5-2,6-3)8-13/h9,12-13H,4-6,8H2,1-3H3. The maximum absolute atomic E-state index is 9.24. The van der Waals surface area contributed by atoms with Crippen molar-refractivity contribution in [1.29, 1.82) is 5.26 Å². The van der Waals surface area contributed by atoms with E-state index in [4.69, 9.17) is 5.26 Å². The molecule has 0 bridgehead atoms. The maximum Gasteiger partial charge on any atom is 0.0955 e. The number of hydrogen-bond acceptors (Lipinski definition) is 3. The van der Waals surface area contributed by atoms with E-state index >= 15 is 0 Å². The predicted octanol–water partition coefficient (Wildman–Crippen LogP) is 1.43. The zero-order valence-electron chi connectivity index (χ0n) is 8.80. The Morgan fingerprint density at radius 2 is 1.92 bits per heavy atom. The number of nitrogens with zero attached hydrogens (tertiary/aromatic N) is 1. The van der Waals surface area contributed by atoms with Crippen LogP contribution >= 0.6 is 0 Å². The van der Waals surface area contributed by atoms with E-state index in [0.29, 0.717) is 0 Å². The molecule has 3 heteroatoms. The fourth-order valence-electron chi connectivity index (χ4n) is 1.32. The number of aliphatic hydroxyl groups is 1. The van der Waals surface area contributed by atoms with E-state index in [2.05, 4.69) is 11.4 Å². The van der Waals surface area contributed by atoms with Crippen LogP contribution in [0.4, 0.5) is 0 Å². The van der Waals surface area contributed by atoms with Crippen molar-refractivity contribution in [3.05, 3.63) is 0 Å². The fraction of sp³-hybridized carbons (Fsp3) is 0.900. The second kappa shape index (κ2) is 5.95. The monoisotopic (exact) mass is 184 g/mol. The average Bonchev–Trinajstić information content (AvgIpc) is 2.21. The molecule has 1 unspecified atom stereocenters. The Labute approximate surface area is 80.8 Å². The van der Waals surface area contributed by atoms with E-state index in [1.54, 1.807) is 0 Å². The molecule has 76 valence electrons. The van der Waals surface area contributed by atoms with Crippen LogP contribution in [0.25, 0.3) is 0 Å². The average molecular weight is 184 g/mol. The van der Waals surface area contributed by atoms with Gasteiger partial charge in [-0.3, -0.25) is 5.32 Å². The minimum absolute atomic E-state index is 0.0954. The van der Waals surface area contributed by atoms with Gasteiger partial charge in [-0.05, 0) is 19.3 Å². The van der Waals surface area contributed by atoms with Gasteiger partial charge in [0.15, 0.2) is 0 Å². The summed E-state index contributed by atoms with van der Waals surface area (Å²) < 4.78 is 0. The summed E-state index contributed by atoms with van der Waals surface area (Å²) >= 11 is 0. The first-order valence-electron chi connectivity index (χ1n) is 4.96. The Hall–Kier alpha value is -0.590. The molecule has 0 aliphatic carbocycles. The van der Waals surface area contributed by atoms with Crippen LogP contribution in [-0.2, 0) is 0 Å². The molecular formula is C10H20N2O. The number of rotatable bonds is 6. The first kappa shape index (κ1) is 12.4. The number of nitriles is 1. The quantitative estimate of drug-likeness (QED) is 0.656. The van der Waals surface area contributed by atoms with E-state index in [9.17, 15) is 5.11 Å². The van der Waals surface area contributed by atoms with Crippen molar-refractivity contribution in [3.63, 3.8) is 0 Å². The lowest BCUT2D eigenvalue weighted by molar-refractivity contribution is 0.144. The van der Waals surface area contributed by atoms with E-state index in [0.717, 1.165) is 19.3 Å². The SMILES string of the molecule is CCC(C#N)NC(CC)(CC)CO. The molecule has 0 aromatic carbocycles. The van der Waals surface area contributed by atoms with Crippen LogP contribution in [0.1, 0.15) is 40.0 Å². The summed E-state index contributed by atoms with van der Waals surface area (Å²) in [6.07, 6.45) is 2.47. The van der Waals surface area contributed by atoms with E-state index in [1.807, 2.05) is 20.8 Å². The van der Waals surface area contributed by atoms with Crippen LogP contribution in [0.3, 0.4) is 0 Å². The molecule has 2 N–H and O–H groups in total. The Bertz CT molecular complexity index is 162. The Kier molecular flexibility index (Phi) is 5.68. The zero-order chi connectivity index (χ0) is 10.3. The highest BCUT2D eigenvalue weighted by atomic mass is 16.3. The van der Waals surface area contributed by atoms with Gasteiger partial charge < -0.3 is 5.11 Å². The lowest BCUT2D eigenvalue weighted by Gasteiger charge is -2.32. The van der Waals surface area contributed by atoms with Gasteiger partial charge in [-0.15, -0.1) is 0 Å². The number of nitrogens with one attached hydrogen (secondary N) is 1. The fourth-order valence-corrected chi connectivity index (χ4v) is 1.32. The van der Waals surface area contributed by atoms with Crippen molar-refractivity contribution < 1.29 is 5.11 Å². The van der Waals surface area contributed by atoms with Crippen LogP contribution in [0.15, 0.2) is 0 Å². The minimum atomic E-state index is -0.267. The molecule has 0 saturated carbocycles. The molecule has 0 rings (SSSR count). The van der Waals surface area contributed by atoms with Crippen molar-refractivity contribution in [2.45, 2.75) is 51.6 Å². The van der Waals surface area contributed by atoms with E-state index < -0.39 is 0 Å². The predicted molar refractivity (Wildman–Crippen MR) is 53.2 cm³/mol. The van der Waals surface area contributed by atoms with Gasteiger partial charge in [0.25, 0.3) is 0 Å². The zero-order valence-corrected chi connectivity index (χ0v) is 8.80. The third kappa shape index (κ3) is 3.33. The van der Waals surface area contributed by atoms with Crippen molar-refractivity contribution >= 4 is 0 Å². The van der Waals surface area contributed by atoms with Crippen molar-refractivity contribution in [3.8, 4) is 6.07 Å². The lowest BCUT2D eigenvalue weighted by Crippen LogP contribution is -2.51. The highest BCUT2D eigenvalue weighted by molar-refractivity contribution is 4.96. The molecule has 13 heavy (non-hydrogen) atoms. The van der Waals surface area contributed by atoms with Crippen LogP contribution in [0.2, 0.25) is 0 Å². The summed E-state index contributed by atoms with van der Waals surface area (Å²) in [5, 5.41) is 21.2. The topological polar surface area (TPSA) is 56.0 Å². The third-order valence-corrected chi connectivity index (χ3v) is 2.70. The summed E-state index contributed by atoms with van der Waals surface area (Å²) in [5.41, 5.74) is -0.267. The van der Waals surface area contributed by atoms with Gasteiger partial charge in [-0.1, -0.05) is 20.8 Å². The molecule has 0 saturated heterocycles. The van der Waals surface area contributed by atoms with Gasteiger partial charge in [-0.25, -0.2) is 0 Å². The summed E-state index contributed by atoms with van der Waals surface area (Å²) in [6.45, 7) is 6.11. The molecule has 0 spiro atoms. The Balaban J connectivity index is 4.32. The number of aliphatic hydroxyl groups excluding tert-OH is 1.